The molecule has 1 heterocycles. The second-order valence-corrected chi connectivity index (χ2v) is 10.1. The number of rotatable bonds is 6. The Labute approximate surface area is 141 Å². The first-order valence-corrected chi connectivity index (χ1v) is 10.7. The van der Waals surface area contributed by atoms with Crippen LogP contribution in [0.1, 0.15) is 50.7 Å². The van der Waals surface area contributed by atoms with Gasteiger partial charge in [-0.3, -0.25) is 4.79 Å². The fourth-order valence-electron chi connectivity index (χ4n) is 4.26. The first-order chi connectivity index (χ1) is 10.7. The molecule has 128 valence electrons. The number of thiazole rings is 1. The van der Waals surface area contributed by atoms with Crippen LogP contribution in [0.4, 0.5) is 0 Å². The Morgan fingerprint density at radius 1 is 1.43 bits per heavy atom. The molecule has 1 N–H and O–H groups in total. The molecule has 23 heavy (non-hydrogen) atoms. The van der Waals surface area contributed by atoms with Crippen LogP contribution in [-0.2, 0) is 27.8 Å². The van der Waals surface area contributed by atoms with E-state index in [2.05, 4.69) is 23.6 Å². The summed E-state index contributed by atoms with van der Waals surface area (Å²) >= 11 is 1.54. The van der Waals surface area contributed by atoms with Gasteiger partial charge in [0.15, 0.2) is 0 Å². The van der Waals surface area contributed by atoms with Gasteiger partial charge in [-0.05, 0) is 30.6 Å². The molecule has 0 unspecified atom stereocenters. The third-order valence-electron chi connectivity index (χ3n) is 5.95. The van der Waals surface area contributed by atoms with Crippen LogP contribution in [0.15, 0.2) is 5.38 Å². The highest BCUT2D eigenvalue weighted by molar-refractivity contribution is 7.89. The molecule has 0 aliphatic heterocycles. The molecule has 0 saturated heterocycles. The third kappa shape index (κ3) is 2.76. The highest BCUT2D eigenvalue weighted by Crippen LogP contribution is 2.64. The summed E-state index contributed by atoms with van der Waals surface area (Å²) in [5, 5.41) is 2.89. The SMILES string of the molecule is CCc1nc(CNS(=O)(=O)C[C@@]23CC[C@@H](CC2=O)C3(C)C)cs1. The predicted molar refractivity (Wildman–Crippen MR) is 90.7 cm³/mol. The predicted octanol–water partition coefficient (Wildman–Crippen LogP) is 2.52. The molecule has 2 aliphatic rings. The summed E-state index contributed by atoms with van der Waals surface area (Å²) in [5.74, 6) is 0.370. The zero-order valence-electron chi connectivity index (χ0n) is 13.9. The minimum absolute atomic E-state index is 0.0902. The topological polar surface area (TPSA) is 76.1 Å². The van der Waals surface area contributed by atoms with Crippen molar-refractivity contribution in [2.75, 3.05) is 5.75 Å². The molecule has 1 aromatic heterocycles. The van der Waals surface area contributed by atoms with Gasteiger partial charge in [0.25, 0.3) is 0 Å². The molecule has 2 atom stereocenters. The van der Waals surface area contributed by atoms with E-state index in [0.717, 1.165) is 23.5 Å². The van der Waals surface area contributed by atoms with E-state index in [0.29, 0.717) is 18.8 Å². The molecule has 5 nitrogen and oxygen atoms in total. The summed E-state index contributed by atoms with van der Waals surface area (Å²) in [6, 6.07) is 0. The van der Waals surface area contributed by atoms with Gasteiger partial charge in [-0.2, -0.15) is 0 Å². The molecule has 0 amide bonds. The van der Waals surface area contributed by atoms with E-state index in [1.165, 1.54) is 0 Å². The van der Waals surface area contributed by atoms with Crippen LogP contribution in [0.5, 0.6) is 0 Å². The summed E-state index contributed by atoms with van der Waals surface area (Å²) in [6.45, 7) is 6.33. The van der Waals surface area contributed by atoms with Gasteiger partial charge >= 0.3 is 0 Å². The van der Waals surface area contributed by atoms with E-state index in [9.17, 15) is 13.2 Å². The van der Waals surface area contributed by atoms with Crippen LogP contribution in [0.2, 0.25) is 0 Å². The lowest BCUT2D eigenvalue weighted by Crippen LogP contribution is -2.45. The molecule has 2 aliphatic carbocycles. The number of sulfonamides is 1. The normalized spacial score (nSPS) is 29.3. The van der Waals surface area contributed by atoms with Gasteiger partial charge in [0.05, 0.1) is 23.0 Å². The standard InChI is InChI=1S/C16H24N2O3S2/c1-4-14-18-12(9-22-14)8-17-23(20,21)10-16-6-5-11(7-13(16)19)15(16,2)3/h9,11,17H,4-8,10H2,1-3H3/t11-,16-/m0/s1. The highest BCUT2D eigenvalue weighted by Gasteiger charge is 2.65. The summed E-state index contributed by atoms with van der Waals surface area (Å²) in [4.78, 5) is 16.8. The number of nitrogens with zero attached hydrogens (tertiary/aromatic N) is 1. The van der Waals surface area contributed by atoms with Gasteiger partial charge in [-0.25, -0.2) is 18.1 Å². The van der Waals surface area contributed by atoms with E-state index in [1.807, 2.05) is 12.3 Å². The Morgan fingerprint density at radius 2 is 2.17 bits per heavy atom. The second-order valence-electron chi connectivity index (χ2n) is 7.33. The maximum Gasteiger partial charge on any atom is 0.212 e. The number of aryl methyl sites for hydroxylation is 1. The lowest BCUT2D eigenvalue weighted by molar-refractivity contribution is -0.128. The van der Waals surface area contributed by atoms with Crippen molar-refractivity contribution in [3.8, 4) is 0 Å². The Morgan fingerprint density at radius 3 is 2.70 bits per heavy atom. The zero-order valence-corrected chi connectivity index (χ0v) is 15.5. The number of hydrogen-bond acceptors (Lipinski definition) is 5. The Balaban J connectivity index is 1.72. The van der Waals surface area contributed by atoms with E-state index in [-0.39, 0.29) is 23.5 Å². The van der Waals surface area contributed by atoms with Gasteiger partial charge in [-0.15, -0.1) is 11.3 Å². The molecule has 2 bridgehead atoms. The fraction of sp³-hybridized carbons (Fsp3) is 0.750. The molecular formula is C16H24N2O3S2. The van der Waals surface area contributed by atoms with Crippen molar-refractivity contribution in [2.24, 2.45) is 16.7 Å². The molecule has 2 saturated carbocycles. The Bertz CT molecular complexity index is 723. The third-order valence-corrected chi connectivity index (χ3v) is 8.45. The number of aromatic nitrogens is 1. The number of hydrogen-bond donors (Lipinski definition) is 1. The average Bonchev–Trinajstić information content (AvgIpc) is 3.08. The van der Waals surface area contributed by atoms with Crippen molar-refractivity contribution >= 4 is 27.1 Å². The molecule has 2 fully saturated rings. The van der Waals surface area contributed by atoms with E-state index in [4.69, 9.17) is 0 Å². The smallest absolute Gasteiger partial charge is 0.212 e. The second kappa shape index (κ2) is 5.63. The van der Waals surface area contributed by atoms with Crippen molar-refractivity contribution < 1.29 is 13.2 Å². The van der Waals surface area contributed by atoms with Crippen LogP contribution in [0, 0.1) is 16.7 Å². The van der Waals surface area contributed by atoms with Crippen molar-refractivity contribution in [3.63, 3.8) is 0 Å². The number of fused-ring (bicyclic) bond motifs is 2. The van der Waals surface area contributed by atoms with Crippen molar-refractivity contribution in [1.82, 2.24) is 9.71 Å². The van der Waals surface area contributed by atoms with Gasteiger partial charge in [0, 0.05) is 17.2 Å². The Kier molecular flexibility index (Phi) is 4.18. The van der Waals surface area contributed by atoms with Gasteiger partial charge in [0.1, 0.15) is 5.78 Å². The number of ketones is 1. The van der Waals surface area contributed by atoms with Gasteiger partial charge < -0.3 is 0 Å². The molecular weight excluding hydrogens is 332 g/mol. The zero-order chi connectivity index (χ0) is 16.9. The number of nitrogens with one attached hydrogen (secondary N) is 1. The van der Waals surface area contributed by atoms with Crippen LogP contribution >= 0.6 is 11.3 Å². The van der Waals surface area contributed by atoms with Crippen molar-refractivity contribution in [2.45, 2.75) is 53.0 Å². The Hall–Kier alpha value is -0.790. The largest absolute Gasteiger partial charge is 0.299 e. The molecule has 0 aromatic carbocycles. The summed E-state index contributed by atoms with van der Waals surface area (Å²) in [6.07, 6.45) is 3.04. The summed E-state index contributed by atoms with van der Waals surface area (Å²) < 4.78 is 27.8. The van der Waals surface area contributed by atoms with Crippen molar-refractivity contribution in [3.05, 3.63) is 16.1 Å². The summed E-state index contributed by atoms with van der Waals surface area (Å²) in [7, 11) is -3.51. The minimum atomic E-state index is -3.51. The lowest BCUT2D eigenvalue weighted by atomic mass is 9.70. The van der Waals surface area contributed by atoms with Gasteiger partial charge in [-0.1, -0.05) is 20.8 Å². The van der Waals surface area contributed by atoms with Crippen LogP contribution in [0.25, 0.3) is 0 Å². The minimum Gasteiger partial charge on any atom is -0.299 e. The molecule has 7 heteroatoms. The van der Waals surface area contributed by atoms with E-state index < -0.39 is 15.4 Å². The van der Waals surface area contributed by atoms with E-state index in [1.54, 1.807) is 11.3 Å². The van der Waals surface area contributed by atoms with Crippen LogP contribution in [-0.4, -0.2) is 24.9 Å². The number of Topliss-reactive ketones (excluding diaryl/α,β-unsaturated/α-hetero) is 1. The first kappa shape index (κ1) is 17.0. The molecule has 1 aromatic rings. The number of carbonyl (C=O) groups excluding carboxylic acids is 1. The molecule has 0 spiro atoms. The maximum atomic E-state index is 12.6. The van der Waals surface area contributed by atoms with Gasteiger partial charge in [0.2, 0.25) is 10.0 Å². The van der Waals surface area contributed by atoms with E-state index >= 15 is 0 Å². The molecule has 0 radical (unpaired) electrons. The number of carbonyl (C=O) groups is 1. The molecule has 3 rings (SSSR count). The highest BCUT2D eigenvalue weighted by atomic mass is 32.2. The quantitative estimate of drug-likeness (QED) is 0.850. The first-order valence-electron chi connectivity index (χ1n) is 8.14. The monoisotopic (exact) mass is 356 g/mol. The fourth-order valence-corrected chi connectivity index (χ4v) is 6.80. The van der Waals surface area contributed by atoms with Crippen LogP contribution < -0.4 is 4.72 Å². The maximum absolute atomic E-state index is 12.6. The summed E-state index contributed by atoms with van der Waals surface area (Å²) in [5.41, 5.74) is -0.191. The average molecular weight is 357 g/mol. The lowest BCUT2D eigenvalue weighted by Gasteiger charge is -2.36. The van der Waals surface area contributed by atoms with Crippen molar-refractivity contribution in [1.29, 1.82) is 0 Å². The van der Waals surface area contributed by atoms with Crippen LogP contribution in [0.3, 0.4) is 0 Å².